The van der Waals surface area contributed by atoms with Gasteiger partial charge in [-0.25, -0.2) is 9.79 Å². The molecule has 0 unspecified atom stereocenters. The van der Waals surface area contributed by atoms with Crippen molar-refractivity contribution in [3.05, 3.63) is 11.8 Å². The first kappa shape index (κ1) is 14.8. The molecule has 20 heavy (non-hydrogen) atoms. The lowest BCUT2D eigenvalue weighted by molar-refractivity contribution is -0.148. The molecule has 0 aliphatic carbocycles. The number of aliphatic hydroxyl groups is 2. The van der Waals surface area contributed by atoms with Gasteiger partial charge < -0.3 is 29.5 Å². The molecule has 3 N–H and O–H groups in total. The third-order valence-electron chi connectivity index (χ3n) is 3.26. The van der Waals surface area contributed by atoms with Gasteiger partial charge in [0.25, 0.3) is 0 Å². The number of carbonyl (C=O) groups is 1. The third-order valence-corrected chi connectivity index (χ3v) is 3.26. The van der Waals surface area contributed by atoms with Gasteiger partial charge in [-0.3, -0.25) is 0 Å². The number of carboxylic acids is 1. The van der Waals surface area contributed by atoms with E-state index in [1.165, 1.54) is 13.2 Å². The highest BCUT2D eigenvalue weighted by Gasteiger charge is 2.47. The minimum absolute atomic E-state index is 0.284. The molecule has 8 nitrogen and oxygen atoms in total. The number of aliphatic carboxylic acids is 1. The summed E-state index contributed by atoms with van der Waals surface area (Å²) in [5.41, 5.74) is 0. The van der Waals surface area contributed by atoms with Crippen LogP contribution in [0, 0.1) is 0 Å². The van der Waals surface area contributed by atoms with Gasteiger partial charge in [0.05, 0.1) is 6.61 Å². The number of hydrogen-bond donors (Lipinski definition) is 3. The van der Waals surface area contributed by atoms with Crippen molar-refractivity contribution in [3.8, 4) is 0 Å². The molecule has 8 heteroatoms. The Hall–Kier alpha value is -1.64. The molecule has 2 aliphatic heterocycles. The van der Waals surface area contributed by atoms with Gasteiger partial charge >= 0.3 is 5.97 Å². The standard InChI is InChI=1S/C12H17NO7/c1-5-13-9-7(19-5)3-8(12(16)17)20-11(9)10(18-2)6(15)4-14/h3,6-7,9-11,14-15H,4H2,1-2H3,(H,16,17)/t6-,7-,9+,10-,11-/m1/s1. The maximum absolute atomic E-state index is 11.1. The first-order valence-corrected chi connectivity index (χ1v) is 6.12. The number of hydrogen-bond acceptors (Lipinski definition) is 7. The molecule has 2 rings (SSSR count). The average Bonchev–Trinajstić information content (AvgIpc) is 2.79. The van der Waals surface area contributed by atoms with E-state index in [4.69, 9.17) is 24.4 Å². The summed E-state index contributed by atoms with van der Waals surface area (Å²) in [6.07, 6.45) is -2.24. The van der Waals surface area contributed by atoms with Crippen LogP contribution in [-0.2, 0) is 19.0 Å². The van der Waals surface area contributed by atoms with Crippen LogP contribution in [0.5, 0.6) is 0 Å². The predicted octanol–water partition coefficient (Wildman–Crippen LogP) is -1.09. The lowest BCUT2D eigenvalue weighted by Crippen LogP contribution is -2.52. The summed E-state index contributed by atoms with van der Waals surface area (Å²) in [6.45, 7) is 1.11. The summed E-state index contributed by atoms with van der Waals surface area (Å²) in [6, 6.07) is -0.524. The van der Waals surface area contributed by atoms with Gasteiger partial charge in [-0.2, -0.15) is 0 Å². The van der Waals surface area contributed by atoms with E-state index in [2.05, 4.69) is 4.99 Å². The van der Waals surface area contributed by atoms with Gasteiger partial charge in [0.1, 0.15) is 24.4 Å². The number of ether oxygens (including phenoxy) is 3. The van der Waals surface area contributed by atoms with Crippen molar-refractivity contribution in [2.75, 3.05) is 13.7 Å². The van der Waals surface area contributed by atoms with Gasteiger partial charge in [-0.1, -0.05) is 0 Å². The van der Waals surface area contributed by atoms with Crippen LogP contribution in [0.25, 0.3) is 0 Å². The monoisotopic (exact) mass is 287 g/mol. The number of fused-ring (bicyclic) bond motifs is 1. The Morgan fingerprint density at radius 3 is 2.80 bits per heavy atom. The molecule has 112 valence electrons. The second-order valence-corrected chi connectivity index (χ2v) is 4.59. The largest absolute Gasteiger partial charge is 0.478 e. The summed E-state index contributed by atoms with van der Waals surface area (Å²) in [7, 11) is 1.34. The summed E-state index contributed by atoms with van der Waals surface area (Å²) >= 11 is 0. The molecule has 0 amide bonds. The quantitative estimate of drug-likeness (QED) is 0.588. The zero-order valence-corrected chi connectivity index (χ0v) is 11.1. The summed E-state index contributed by atoms with van der Waals surface area (Å²) in [5, 5.41) is 27.9. The highest BCUT2D eigenvalue weighted by Crippen LogP contribution is 2.31. The molecule has 0 spiro atoms. The number of aliphatic hydroxyl groups excluding tert-OH is 2. The topological polar surface area (TPSA) is 118 Å². The SMILES string of the molecule is CO[C@@H]([C@@H]1OC(C(=O)O)=C[C@H]2OC(C)=N[C@H]12)[C@H](O)CO. The van der Waals surface area contributed by atoms with Crippen LogP contribution in [0.2, 0.25) is 0 Å². The first-order valence-electron chi connectivity index (χ1n) is 6.12. The normalized spacial score (nSPS) is 31.3. The van der Waals surface area contributed by atoms with Crippen LogP contribution < -0.4 is 0 Å². The zero-order valence-electron chi connectivity index (χ0n) is 11.1. The van der Waals surface area contributed by atoms with Crippen molar-refractivity contribution in [1.29, 1.82) is 0 Å². The Kier molecular flexibility index (Phi) is 4.26. The molecule has 2 aliphatic rings. The van der Waals surface area contributed by atoms with Gasteiger partial charge in [0, 0.05) is 20.1 Å². The fourth-order valence-corrected chi connectivity index (χ4v) is 2.38. The van der Waals surface area contributed by atoms with Crippen LogP contribution in [-0.4, -0.2) is 71.4 Å². The summed E-state index contributed by atoms with van der Waals surface area (Å²) in [4.78, 5) is 15.3. The van der Waals surface area contributed by atoms with Crippen LogP contribution in [0.1, 0.15) is 6.92 Å². The van der Waals surface area contributed by atoms with Crippen molar-refractivity contribution in [2.45, 2.75) is 37.4 Å². The second kappa shape index (κ2) is 5.78. The maximum atomic E-state index is 11.1. The third kappa shape index (κ3) is 2.62. The van der Waals surface area contributed by atoms with Gasteiger partial charge in [0.2, 0.25) is 5.76 Å². The molecule has 0 saturated carbocycles. The average molecular weight is 287 g/mol. The number of nitrogens with zero attached hydrogens (tertiary/aromatic N) is 1. The fraction of sp³-hybridized carbons (Fsp3) is 0.667. The second-order valence-electron chi connectivity index (χ2n) is 4.59. The lowest BCUT2D eigenvalue weighted by atomic mass is 9.94. The molecule has 0 aromatic heterocycles. The van der Waals surface area contributed by atoms with E-state index >= 15 is 0 Å². The van der Waals surface area contributed by atoms with E-state index in [9.17, 15) is 9.90 Å². The summed E-state index contributed by atoms with van der Waals surface area (Å²) in [5.74, 6) is -1.12. The highest BCUT2D eigenvalue weighted by atomic mass is 16.6. The Morgan fingerprint density at radius 1 is 1.55 bits per heavy atom. The minimum atomic E-state index is -1.24. The Bertz CT molecular complexity index is 447. The predicted molar refractivity (Wildman–Crippen MR) is 66.3 cm³/mol. The number of rotatable bonds is 5. The van der Waals surface area contributed by atoms with Crippen LogP contribution in [0.15, 0.2) is 16.8 Å². The molecular weight excluding hydrogens is 270 g/mol. The molecule has 0 bridgehead atoms. The van der Waals surface area contributed by atoms with E-state index in [0.29, 0.717) is 5.90 Å². The minimum Gasteiger partial charge on any atom is -0.478 e. The zero-order chi connectivity index (χ0) is 14.9. The Labute approximate surface area is 115 Å². The molecule has 0 saturated heterocycles. The van der Waals surface area contributed by atoms with Crippen molar-refractivity contribution < 1.29 is 34.3 Å². The van der Waals surface area contributed by atoms with Crippen LogP contribution in [0.3, 0.4) is 0 Å². The van der Waals surface area contributed by atoms with Crippen molar-refractivity contribution in [3.63, 3.8) is 0 Å². The molecule has 0 radical (unpaired) electrons. The van der Waals surface area contributed by atoms with Gasteiger partial charge in [-0.15, -0.1) is 0 Å². The van der Waals surface area contributed by atoms with Crippen molar-refractivity contribution in [2.24, 2.45) is 4.99 Å². The van der Waals surface area contributed by atoms with Gasteiger partial charge in [-0.05, 0) is 0 Å². The van der Waals surface area contributed by atoms with Crippen LogP contribution >= 0.6 is 0 Å². The lowest BCUT2D eigenvalue weighted by Gasteiger charge is -2.35. The fourth-order valence-electron chi connectivity index (χ4n) is 2.38. The first-order chi connectivity index (χ1) is 9.47. The smallest absolute Gasteiger partial charge is 0.370 e. The Morgan fingerprint density at radius 2 is 2.25 bits per heavy atom. The van der Waals surface area contributed by atoms with E-state index < -0.39 is 43.0 Å². The van der Waals surface area contributed by atoms with Crippen LogP contribution in [0.4, 0.5) is 0 Å². The number of aliphatic imine (C=N–C) groups is 1. The van der Waals surface area contributed by atoms with E-state index in [1.807, 2.05) is 0 Å². The van der Waals surface area contributed by atoms with Crippen molar-refractivity contribution in [1.82, 2.24) is 0 Å². The molecule has 0 fully saturated rings. The molecule has 0 aromatic rings. The summed E-state index contributed by atoms with van der Waals surface area (Å²) < 4.78 is 15.9. The van der Waals surface area contributed by atoms with Crippen molar-refractivity contribution >= 4 is 11.9 Å². The maximum Gasteiger partial charge on any atom is 0.370 e. The Balaban J connectivity index is 2.30. The van der Waals surface area contributed by atoms with Gasteiger partial charge in [0.15, 0.2) is 12.0 Å². The molecule has 5 atom stereocenters. The van der Waals surface area contributed by atoms with E-state index in [0.717, 1.165) is 0 Å². The molecular formula is C12H17NO7. The number of methoxy groups -OCH3 is 1. The molecule has 0 aromatic carbocycles. The molecule has 2 heterocycles. The van der Waals surface area contributed by atoms with E-state index in [-0.39, 0.29) is 5.76 Å². The van der Waals surface area contributed by atoms with E-state index in [1.54, 1.807) is 6.92 Å². The highest BCUT2D eigenvalue weighted by molar-refractivity contribution is 5.85. The number of carboxylic acid groups (broad SMARTS) is 1.